The van der Waals surface area contributed by atoms with Crippen LogP contribution < -0.4 is 15.4 Å². The van der Waals surface area contributed by atoms with Crippen molar-refractivity contribution in [3.05, 3.63) is 59.8 Å². The first-order chi connectivity index (χ1) is 14.6. The van der Waals surface area contributed by atoms with Crippen molar-refractivity contribution in [2.24, 2.45) is 0 Å². The summed E-state index contributed by atoms with van der Waals surface area (Å²) in [5.41, 5.74) is 1.37. The van der Waals surface area contributed by atoms with Gasteiger partial charge >= 0.3 is 6.09 Å². The molecule has 1 fully saturated rings. The molecule has 2 aromatic rings. The minimum Gasteiger partial charge on any atom is -0.474 e. The molecule has 1 aromatic carbocycles. The van der Waals surface area contributed by atoms with Gasteiger partial charge in [-0.1, -0.05) is 30.3 Å². The zero-order chi connectivity index (χ0) is 21.2. The summed E-state index contributed by atoms with van der Waals surface area (Å²) in [6, 6.07) is 14.8. The molecule has 1 aromatic heterocycles. The van der Waals surface area contributed by atoms with Crippen LogP contribution in [0.4, 0.5) is 4.79 Å². The number of nitriles is 1. The average Bonchev–Trinajstić information content (AvgIpc) is 2.79. The number of benzene rings is 1. The molecule has 0 atom stereocenters. The summed E-state index contributed by atoms with van der Waals surface area (Å²) in [5.74, 6) is 0.254. The molecular formula is C22H24N4O4. The Hall–Kier alpha value is -3.60. The van der Waals surface area contributed by atoms with Gasteiger partial charge in [-0.15, -0.1) is 0 Å². The Kier molecular flexibility index (Phi) is 7.61. The predicted molar refractivity (Wildman–Crippen MR) is 108 cm³/mol. The molecule has 8 nitrogen and oxygen atoms in total. The highest BCUT2D eigenvalue weighted by molar-refractivity contribution is 5.82. The van der Waals surface area contributed by atoms with E-state index < -0.39 is 6.09 Å². The molecule has 0 saturated heterocycles. The number of alkyl carbamates (subject to hydrolysis) is 1. The summed E-state index contributed by atoms with van der Waals surface area (Å²) in [6.07, 6.45) is 4.04. The van der Waals surface area contributed by atoms with E-state index in [1.54, 1.807) is 12.1 Å². The number of amides is 2. The zero-order valence-corrected chi connectivity index (χ0v) is 16.5. The van der Waals surface area contributed by atoms with E-state index in [1.807, 2.05) is 36.4 Å². The normalized spacial score (nSPS) is 18.0. The van der Waals surface area contributed by atoms with Gasteiger partial charge in [0.25, 0.3) is 0 Å². The number of nitrogens with zero attached hydrogens (tertiary/aromatic N) is 2. The first-order valence-corrected chi connectivity index (χ1v) is 9.89. The maximum absolute atomic E-state index is 12.1. The number of hydrogen-bond acceptors (Lipinski definition) is 6. The molecule has 2 N–H and O–H groups in total. The van der Waals surface area contributed by atoms with E-state index in [0.717, 1.165) is 31.2 Å². The maximum Gasteiger partial charge on any atom is 0.407 e. The van der Waals surface area contributed by atoms with Crippen LogP contribution in [0.3, 0.4) is 0 Å². The molecule has 0 bridgehead atoms. The number of rotatable bonds is 7. The Balaban J connectivity index is 1.30. The number of pyridine rings is 1. The topological polar surface area (TPSA) is 113 Å². The molecule has 1 aliphatic rings. The second-order valence-electron chi connectivity index (χ2n) is 7.07. The van der Waals surface area contributed by atoms with Crippen molar-refractivity contribution in [3.63, 3.8) is 0 Å². The maximum atomic E-state index is 12.1. The molecule has 156 valence electrons. The van der Waals surface area contributed by atoms with Crippen LogP contribution in [-0.2, 0) is 16.1 Å². The summed E-state index contributed by atoms with van der Waals surface area (Å²) in [6.45, 7) is 0.0333. The van der Waals surface area contributed by atoms with Gasteiger partial charge in [-0.05, 0) is 37.3 Å². The predicted octanol–water partition coefficient (Wildman–Crippen LogP) is 2.69. The minimum atomic E-state index is -0.624. The Morgan fingerprint density at radius 2 is 1.87 bits per heavy atom. The van der Waals surface area contributed by atoms with Crippen molar-refractivity contribution in [2.75, 3.05) is 6.54 Å². The smallest absolute Gasteiger partial charge is 0.407 e. The Bertz CT molecular complexity index is 872. The number of nitrogens with one attached hydrogen (secondary N) is 2. The Labute approximate surface area is 175 Å². The van der Waals surface area contributed by atoms with Gasteiger partial charge in [0.2, 0.25) is 11.8 Å². The van der Waals surface area contributed by atoms with Crippen LogP contribution in [0.5, 0.6) is 5.88 Å². The van der Waals surface area contributed by atoms with Gasteiger partial charge in [0, 0.05) is 18.3 Å². The van der Waals surface area contributed by atoms with Crippen LogP contribution in [0.2, 0.25) is 0 Å². The van der Waals surface area contributed by atoms with Gasteiger partial charge in [-0.3, -0.25) is 4.79 Å². The van der Waals surface area contributed by atoms with Gasteiger partial charge in [-0.2, -0.15) is 5.26 Å². The third kappa shape index (κ3) is 6.78. The summed E-state index contributed by atoms with van der Waals surface area (Å²) < 4.78 is 10.9. The lowest BCUT2D eigenvalue weighted by Crippen LogP contribution is -2.44. The van der Waals surface area contributed by atoms with Gasteiger partial charge in [0.1, 0.15) is 25.3 Å². The first kappa shape index (κ1) is 21.1. The summed E-state index contributed by atoms with van der Waals surface area (Å²) in [5, 5.41) is 14.2. The lowest BCUT2D eigenvalue weighted by atomic mass is 9.93. The summed E-state index contributed by atoms with van der Waals surface area (Å²) in [7, 11) is 0. The Morgan fingerprint density at radius 1 is 1.10 bits per heavy atom. The van der Waals surface area contributed by atoms with E-state index in [4.69, 9.17) is 14.7 Å². The average molecular weight is 408 g/mol. The van der Waals surface area contributed by atoms with Crippen molar-refractivity contribution in [3.8, 4) is 11.9 Å². The zero-order valence-electron chi connectivity index (χ0n) is 16.5. The monoisotopic (exact) mass is 408 g/mol. The fourth-order valence-electron chi connectivity index (χ4n) is 3.22. The second-order valence-corrected chi connectivity index (χ2v) is 7.07. The molecule has 1 heterocycles. The standard InChI is InChI=1S/C22H24N4O4/c23-12-17-6-11-21(24-13-17)30-19-9-7-18(8-10-19)26-20(27)14-25-22(28)29-15-16-4-2-1-3-5-16/h1-6,11,13,18-19H,7-10,14-15H2,(H,25,28)(H,26,27). The lowest BCUT2D eigenvalue weighted by Gasteiger charge is -2.29. The Morgan fingerprint density at radius 3 is 2.53 bits per heavy atom. The van der Waals surface area contributed by atoms with E-state index >= 15 is 0 Å². The number of aromatic nitrogens is 1. The van der Waals surface area contributed by atoms with E-state index in [9.17, 15) is 9.59 Å². The van der Waals surface area contributed by atoms with E-state index in [-0.39, 0.29) is 31.2 Å². The molecule has 1 saturated carbocycles. The third-order valence-electron chi connectivity index (χ3n) is 4.80. The number of ether oxygens (including phenoxy) is 2. The number of carbonyl (C=O) groups excluding carboxylic acids is 2. The van der Waals surface area contributed by atoms with Crippen molar-refractivity contribution in [1.82, 2.24) is 15.6 Å². The van der Waals surface area contributed by atoms with Gasteiger partial charge in [-0.25, -0.2) is 9.78 Å². The van der Waals surface area contributed by atoms with E-state index in [1.165, 1.54) is 6.20 Å². The van der Waals surface area contributed by atoms with Crippen molar-refractivity contribution >= 4 is 12.0 Å². The van der Waals surface area contributed by atoms with Crippen LogP contribution in [0.25, 0.3) is 0 Å². The second kappa shape index (κ2) is 10.8. The van der Waals surface area contributed by atoms with E-state index in [2.05, 4.69) is 15.6 Å². The third-order valence-corrected chi connectivity index (χ3v) is 4.80. The van der Waals surface area contributed by atoms with Crippen LogP contribution >= 0.6 is 0 Å². The van der Waals surface area contributed by atoms with Crippen LogP contribution in [-0.4, -0.2) is 35.7 Å². The van der Waals surface area contributed by atoms with Gasteiger partial charge < -0.3 is 20.1 Å². The number of hydrogen-bond donors (Lipinski definition) is 2. The first-order valence-electron chi connectivity index (χ1n) is 9.89. The molecule has 8 heteroatoms. The van der Waals surface area contributed by atoms with Crippen LogP contribution in [0.15, 0.2) is 48.7 Å². The summed E-state index contributed by atoms with van der Waals surface area (Å²) >= 11 is 0. The van der Waals surface area contributed by atoms with Crippen LogP contribution in [0.1, 0.15) is 36.8 Å². The lowest BCUT2D eigenvalue weighted by molar-refractivity contribution is -0.121. The quantitative estimate of drug-likeness (QED) is 0.728. The highest BCUT2D eigenvalue weighted by Gasteiger charge is 2.24. The van der Waals surface area contributed by atoms with Crippen molar-refractivity contribution < 1.29 is 19.1 Å². The van der Waals surface area contributed by atoms with Crippen molar-refractivity contribution in [1.29, 1.82) is 5.26 Å². The minimum absolute atomic E-state index is 0.0321. The highest BCUT2D eigenvalue weighted by atomic mass is 16.5. The molecular weight excluding hydrogens is 384 g/mol. The molecule has 0 radical (unpaired) electrons. The molecule has 30 heavy (non-hydrogen) atoms. The van der Waals surface area contributed by atoms with E-state index in [0.29, 0.717) is 11.4 Å². The van der Waals surface area contributed by atoms with Crippen molar-refractivity contribution in [2.45, 2.75) is 44.4 Å². The highest BCUT2D eigenvalue weighted by Crippen LogP contribution is 2.23. The largest absolute Gasteiger partial charge is 0.474 e. The fraction of sp³-hybridized carbons (Fsp3) is 0.364. The van der Waals surface area contributed by atoms with Gasteiger partial charge in [0.15, 0.2) is 0 Å². The van der Waals surface area contributed by atoms with Crippen LogP contribution in [0, 0.1) is 11.3 Å². The van der Waals surface area contributed by atoms with Gasteiger partial charge in [0.05, 0.1) is 5.56 Å². The molecule has 0 spiro atoms. The SMILES string of the molecule is N#Cc1ccc(OC2CCC(NC(=O)CNC(=O)OCc3ccccc3)CC2)nc1. The molecule has 0 unspecified atom stereocenters. The molecule has 1 aliphatic carbocycles. The molecule has 3 rings (SSSR count). The fourth-order valence-corrected chi connectivity index (χ4v) is 3.22. The molecule has 2 amide bonds. The molecule has 0 aliphatic heterocycles. The summed E-state index contributed by atoms with van der Waals surface area (Å²) in [4.78, 5) is 27.9. The number of carbonyl (C=O) groups is 2.